The van der Waals surface area contributed by atoms with E-state index in [1.54, 1.807) is 0 Å². The van der Waals surface area contributed by atoms with E-state index in [2.05, 4.69) is 0 Å². The molecule has 0 rings (SSSR count). The van der Waals surface area contributed by atoms with Crippen LogP contribution in [0, 0.1) is 0 Å². The number of hydrogen-bond acceptors (Lipinski definition) is 5. The van der Waals surface area contributed by atoms with Crippen LogP contribution in [0.5, 0.6) is 0 Å². The van der Waals surface area contributed by atoms with E-state index in [4.69, 9.17) is 26.2 Å². The topological polar surface area (TPSA) is 107 Å². The molecule has 0 fully saturated rings. The van der Waals surface area contributed by atoms with Crippen molar-refractivity contribution in [3.05, 3.63) is 0 Å². The summed E-state index contributed by atoms with van der Waals surface area (Å²) in [6, 6.07) is 0. The molecule has 0 saturated heterocycles. The molecular weight excluding hydrogens is 138 g/mol. The fourth-order valence-corrected chi connectivity index (χ4v) is 0.504. The zero-order chi connectivity index (χ0) is 8.15. The lowest BCUT2D eigenvalue weighted by atomic mass is 10.1. The van der Waals surface area contributed by atoms with E-state index in [0.29, 0.717) is 0 Å². The lowest BCUT2D eigenvalue weighted by molar-refractivity contribution is -0.0727. The van der Waals surface area contributed by atoms with Gasteiger partial charge in [0, 0.05) is 6.54 Å². The first-order chi connectivity index (χ1) is 4.63. The molecule has 0 aromatic rings. The molecule has 0 aromatic heterocycles. The average Bonchev–Trinajstić information content (AvgIpc) is 2.00. The first-order valence-electron chi connectivity index (χ1n) is 2.98. The van der Waals surface area contributed by atoms with Crippen molar-refractivity contribution >= 4 is 0 Å². The van der Waals surface area contributed by atoms with Crippen molar-refractivity contribution < 1.29 is 20.4 Å². The van der Waals surface area contributed by atoms with E-state index >= 15 is 0 Å². The molecule has 0 heterocycles. The summed E-state index contributed by atoms with van der Waals surface area (Å²) in [6.45, 7) is -0.726. The fraction of sp³-hybridized carbons (Fsp3) is 1.00. The van der Waals surface area contributed by atoms with E-state index in [-0.39, 0.29) is 6.54 Å². The van der Waals surface area contributed by atoms with Crippen LogP contribution >= 0.6 is 0 Å². The minimum atomic E-state index is -1.37. The minimum Gasteiger partial charge on any atom is -0.394 e. The van der Waals surface area contributed by atoms with Gasteiger partial charge in [-0.3, -0.25) is 0 Å². The quantitative estimate of drug-likeness (QED) is 0.295. The number of hydrogen-bond donors (Lipinski definition) is 5. The molecule has 3 atom stereocenters. The predicted molar refractivity (Wildman–Crippen MR) is 34.2 cm³/mol. The molecule has 0 spiro atoms. The Kier molecular flexibility index (Phi) is 4.50. The maximum Gasteiger partial charge on any atom is 0.109 e. The van der Waals surface area contributed by atoms with Crippen molar-refractivity contribution in [1.82, 2.24) is 0 Å². The summed E-state index contributed by atoms with van der Waals surface area (Å²) < 4.78 is 0. The summed E-state index contributed by atoms with van der Waals surface area (Å²) in [6.07, 6.45) is -3.87. The third-order valence-electron chi connectivity index (χ3n) is 1.22. The monoisotopic (exact) mass is 151 g/mol. The Labute approximate surface area is 58.7 Å². The van der Waals surface area contributed by atoms with Crippen molar-refractivity contribution in [2.45, 2.75) is 18.3 Å². The largest absolute Gasteiger partial charge is 0.394 e. The number of rotatable bonds is 4. The highest BCUT2D eigenvalue weighted by Crippen LogP contribution is 1.97. The summed E-state index contributed by atoms with van der Waals surface area (Å²) in [5, 5.41) is 34.6. The smallest absolute Gasteiger partial charge is 0.109 e. The van der Waals surface area contributed by atoms with E-state index < -0.39 is 24.9 Å². The molecule has 0 bridgehead atoms. The van der Waals surface area contributed by atoms with Gasteiger partial charge in [-0.05, 0) is 0 Å². The zero-order valence-electron chi connectivity index (χ0n) is 5.51. The van der Waals surface area contributed by atoms with Gasteiger partial charge in [0.15, 0.2) is 0 Å². The fourth-order valence-electron chi connectivity index (χ4n) is 0.504. The summed E-state index contributed by atoms with van der Waals surface area (Å²) in [5.41, 5.74) is 4.96. The van der Waals surface area contributed by atoms with Crippen molar-refractivity contribution in [3.63, 3.8) is 0 Å². The van der Waals surface area contributed by atoms with Gasteiger partial charge in [0.05, 0.1) is 12.7 Å². The van der Waals surface area contributed by atoms with Gasteiger partial charge in [-0.1, -0.05) is 0 Å². The molecule has 0 unspecified atom stereocenters. The highest BCUT2D eigenvalue weighted by atomic mass is 16.4. The molecule has 0 aliphatic rings. The lowest BCUT2D eigenvalue weighted by Crippen LogP contribution is -2.43. The molecule has 62 valence electrons. The van der Waals surface area contributed by atoms with Crippen LogP contribution in [0.25, 0.3) is 0 Å². The maximum absolute atomic E-state index is 8.85. The van der Waals surface area contributed by atoms with Gasteiger partial charge < -0.3 is 26.2 Å². The van der Waals surface area contributed by atoms with Crippen molar-refractivity contribution in [2.75, 3.05) is 13.2 Å². The Morgan fingerprint density at radius 1 is 1.10 bits per heavy atom. The molecule has 5 heteroatoms. The molecular formula is C5H13NO4. The first-order valence-corrected chi connectivity index (χ1v) is 2.98. The zero-order valence-corrected chi connectivity index (χ0v) is 5.51. The van der Waals surface area contributed by atoms with Crippen LogP contribution < -0.4 is 5.73 Å². The normalized spacial score (nSPS) is 20.1. The molecule has 0 radical (unpaired) electrons. The molecule has 5 nitrogen and oxygen atoms in total. The van der Waals surface area contributed by atoms with Crippen LogP contribution in [-0.2, 0) is 0 Å². The number of aliphatic hydroxyl groups excluding tert-OH is 4. The van der Waals surface area contributed by atoms with Crippen molar-refractivity contribution in [2.24, 2.45) is 5.73 Å². The Bertz CT molecular complexity index is 79.7. The summed E-state index contributed by atoms with van der Waals surface area (Å²) in [5.74, 6) is 0. The van der Waals surface area contributed by atoms with Crippen LogP contribution in [0.2, 0.25) is 0 Å². The van der Waals surface area contributed by atoms with Gasteiger partial charge in [-0.15, -0.1) is 0 Å². The number of nitrogens with two attached hydrogens (primary N) is 1. The average molecular weight is 151 g/mol. The summed E-state index contributed by atoms with van der Waals surface area (Å²) >= 11 is 0. The summed E-state index contributed by atoms with van der Waals surface area (Å²) in [7, 11) is 0. The maximum atomic E-state index is 8.85. The van der Waals surface area contributed by atoms with Gasteiger partial charge in [-0.2, -0.15) is 0 Å². The van der Waals surface area contributed by atoms with E-state index in [1.165, 1.54) is 0 Å². The number of aliphatic hydroxyl groups is 4. The van der Waals surface area contributed by atoms with Crippen LogP contribution in [-0.4, -0.2) is 51.9 Å². The standard InChI is InChI=1S/C5H13NO4/c6-1-3(8)5(10)4(9)2-7/h3-5,7-10H,1-2,6H2/t3-,4-,5-/m1/s1. The van der Waals surface area contributed by atoms with Crippen LogP contribution in [0.15, 0.2) is 0 Å². The molecule has 0 aliphatic carbocycles. The van der Waals surface area contributed by atoms with E-state index in [9.17, 15) is 0 Å². The Morgan fingerprint density at radius 3 is 1.90 bits per heavy atom. The second-order valence-electron chi connectivity index (χ2n) is 2.04. The second-order valence-corrected chi connectivity index (χ2v) is 2.04. The van der Waals surface area contributed by atoms with Crippen molar-refractivity contribution in [1.29, 1.82) is 0 Å². The lowest BCUT2D eigenvalue weighted by Gasteiger charge is -2.19. The Morgan fingerprint density at radius 2 is 1.60 bits per heavy atom. The van der Waals surface area contributed by atoms with E-state index in [0.717, 1.165) is 0 Å². The molecule has 0 aliphatic heterocycles. The van der Waals surface area contributed by atoms with E-state index in [1.807, 2.05) is 0 Å². The summed E-state index contributed by atoms with van der Waals surface area (Å²) in [4.78, 5) is 0. The molecule has 6 N–H and O–H groups in total. The van der Waals surface area contributed by atoms with Crippen LogP contribution in [0.3, 0.4) is 0 Å². The molecule has 0 saturated carbocycles. The minimum absolute atomic E-state index is 0.141. The Hall–Kier alpha value is -0.200. The molecule has 0 amide bonds. The Balaban J connectivity index is 3.69. The SMILES string of the molecule is NC[C@@H](O)[C@@H](O)[C@H](O)CO. The van der Waals surface area contributed by atoms with Gasteiger partial charge in [0.2, 0.25) is 0 Å². The highest BCUT2D eigenvalue weighted by molar-refractivity contribution is 4.74. The first kappa shape index (κ1) is 9.80. The van der Waals surface area contributed by atoms with Gasteiger partial charge in [0.1, 0.15) is 12.2 Å². The van der Waals surface area contributed by atoms with Gasteiger partial charge >= 0.3 is 0 Å². The molecule has 0 aromatic carbocycles. The molecule has 10 heavy (non-hydrogen) atoms. The van der Waals surface area contributed by atoms with Gasteiger partial charge in [-0.25, -0.2) is 0 Å². The third-order valence-corrected chi connectivity index (χ3v) is 1.22. The second kappa shape index (κ2) is 4.59. The van der Waals surface area contributed by atoms with Crippen LogP contribution in [0.4, 0.5) is 0 Å². The van der Waals surface area contributed by atoms with Crippen LogP contribution in [0.1, 0.15) is 0 Å². The highest BCUT2D eigenvalue weighted by Gasteiger charge is 2.22. The predicted octanol–water partition coefficient (Wildman–Crippen LogP) is -2.98. The third kappa shape index (κ3) is 2.59. The van der Waals surface area contributed by atoms with Crippen molar-refractivity contribution in [3.8, 4) is 0 Å². The van der Waals surface area contributed by atoms with Gasteiger partial charge in [0.25, 0.3) is 0 Å².